The van der Waals surface area contributed by atoms with E-state index in [-0.39, 0.29) is 16.7 Å². The molecule has 0 radical (unpaired) electrons. The molecule has 27 heavy (non-hydrogen) atoms. The Hall–Kier alpha value is -2.67. The van der Waals surface area contributed by atoms with Crippen LogP contribution in [0.1, 0.15) is 27.2 Å². The van der Waals surface area contributed by atoms with Gasteiger partial charge in [-0.05, 0) is 40.8 Å². The van der Waals surface area contributed by atoms with Crippen LogP contribution >= 0.6 is 11.8 Å². The average molecular weight is 386 g/mol. The van der Waals surface area contributed by atoms with Gasteiger partial charge in [0, 0.05) is 11.8 Å². The number of halogens is 3. The summed E-state index contributed by atoms with van der Waals surface area (Å²) < 4.78 is 38.1. The molecule has 1 aromatic heterocycles. The molecule has 0 bridgehead atoms. The van der Waals surface area contributed by atoms with Crippen LogP contribution in [0.3, 0.4) is 0 Å². The summed E-state index contributed by atoms with van der Waals surface area (Å²) in [6, 6.07) is 14.4. The summed E-state index contributed by atoms with van der Waals surface area (Å²) in [5, 5.41) is -0.0651. The van der Waals surface area contributed by atoms with E-state index < -0.39 is 11.9 Å². The summed E-state index contributed by atoms with van der Waals surface area (Å²) in [5.41, 5.74) is 4.07. The fourth-order valence-corrected chi connectivity index (χ4v) is 3.80. The van der Waals surface area contributed by atoms with Crippen LogP contribution in [0.15, 0.2) is 59.9 Å². The fraction of sp³-hybridized carbons (Fsp3) is 0.150. The van der Waals surface area contributed by atoms with Crippen LogP contribution in [0.25, 0.3) is 11.1 Å². The van der Waals surface area contributed by atoms with Gasteiger partial charge in [-0.2, -0.15) is 13.2 Å². The molecular formula is C20H13F3N2OS. The second-order valence-corrected chi connectivity index (χ2v) is 7.08. The Morgan fingerprint density at radius 1 is 1.04 bits per heavy atom. The van der Waals surface area contributed by atoms with Crippen molar-refractivity contribution in [3.8, 4) is 11.1 Å². The van der Waals surface area contributed by atoms with Crippen LogP contribution in [0, 0.1) is 0 Å². The maximum absolute atomic E-state index is 12.7. The maximum Gasteiger partial charge on any atom is 0.433 e. The van der Waals surface area contributed by atoms with Gasteiger partial charge >= 0.3 is 6.18 Å². The van der Waals surface area contributed by atoms with Gasteiger partial charge in [-0.1, -0.05) is 48.2 Å². The number of fused-ring (bicyclic) bond motifs is 3. The van der Waals surface area contributed by atoms with Crippen molar-refractivity contribution in [3.63, 3.8) is 0 Å². The van der Waals surface area contributed by atoms with Gasteiger partial charge in [0.2, 0.25) is 0 Å². The number of rotatable bonds is 4. The molecule has 0 fully saturated rings. The minimum absolute atomic E-state index is 0.0260. The number of nitrogens with zero attached hydrogens (tertiary/aromatic N) is 2. The summed E-state index contributed by atoms with van der Waals surface area (Å²) in [4.78, 5) is 19.8. The van der Waals surface area contributed by atoms with Crippen LogP contribution in [-0.4, -0.2) is 21.5 Å². The Labute approximate surface area is 157 Å². The second kappa shape index (κ2) is 6.81. The quantitative estimate of drug-likeness (QED) is 0.280. The van der Waals surface area contributed by atoms with Crippen molar-refractivity contribution in [2.75, 3.05) is 5.75 Å². The molecule has 0 amide bonds. The minimum Gasteiger partial charge on any atom is -0.293 e. The van der Waals surface area contributed by atoms with E-state index >= 15 is 0 Å². The third-order valence-corrected chi connectivity index (χ3v) is 5.24. The lowest BCUT2D eigenvalue weighted by Crippen LogP contribution is -2.09. The molecule has 0 N–H and O–H groups in total. The van der Waals surface area contributed by atoms with Crippen molar-refractivity contribution in [1.82, 2.24) is 9.97 Å². The molecule has 0 saturated heterocycles. The van der Waals surface area contributed by atoms with Gasteiger partial charge in [0.1, 0.15) is 5.69 Å². The number of thioether (sulfide) groups is 1. The number of carbonyl (C=O) groups excluding carboxylic acids is 1. The maximum atomic E-state index is 12.7. The zero-order valence-corrected chi connectivity index (χ0v) is 14.8. The highest BCUT2D eigenvalue weighted by molar-refractivity contribution is 7.99. The van der Waals surface area contributed by atoms with Crippen molar-refractivity contribution in [1.29, 1.82) is 0 Å². The SMILES string of the molecule is O=C(CSc1nccc(C(F)(F)F)n1)c1ccc2c(c1)-c1ccccc1C2. The van der Waals surface area contributed by atoms with E-state index in [2.05, 4.69) is 16.0 Å². The Balaban J connectivity index is 1.51. The van der Waals surface area contributed by atoms with Gasteiger partial charge in [-0.3, -0.25) is 4.79 Å². The fourth-order valence-electron chi connectivity index (χ4n) is 3.08. The van der Waals surface area contributed by atoms with Gasteiger partial charge in [-0.15, -0.1) is 0 Å². The molecular weight excluding hydrogens is 373 g/mol. The molecule has 3 aromatic rings. The summed E-state index contributed by atoms with van der Waals surface area (Å²) in [6.07, 6.45) is -2.64. The van der Waals surface area contributed by atoms with Gasteiger partial charge in [0.05, 0.1) is 5.75 Å². The van der Waals surface area contributed by atoms with E-state index in [9.17, 15) is 18.0 Å². The van der Waals surface area contributed by atoms with Gasteiger partial charge in [0.25, 0.3) is 0 Å². The number of hydrogen-bond acceptors (Lipinski definition) is 4. The Morgan fingerprint density at radius 3 is 2.63 bits per heavy atom. The van der Waals surface area contributed by atoms with Crippen LogP contribution in [-0.2, 0) is 12.6 Å². The Bertz CT molecular complexity index is 1030. The number of aromatic nitrogens is 2. The molecule has 1 heterocycles. The molecule has 4 rings (SSSR count). The first-order valence-corrected chi connectivity index (χ1v) is 9.18. The van der Waals surface area contributed by atoms with Crippen molar-refractivity contribution < 1.29 is 18.0 Å². The predicted octanol–water partition coefficient (Wildman–Crippen LogP) is 5.04. The molecule has 3 nitrogen and oxygen atoms in total. The summed E-state index contributed by atoms with van der Waals surface area (Å²) in [7, 11) is 0. The number of Topliss-reactive ketones (excluding diaryl/α,β-unsaturated/α-hetero) is 1. The van der Waals surface area contributed by atoms with E-state index in [1.165, 1.54) is 11.1 Å². The highest BCUT2D eigenvalue weighted by Crippen LogP contribution is 2.37. The van der Waals surface area contributed by atoms with E-state index in [0.29, 0.717) is 5.56 Å². The first-order chi connectivity index (χ1) is 12.9. The molecule has 2 aromatic carbocycles. The summed E-state index contributed by atoms with van der Waals surface area (Å²) >= 11 is 0.901. The highest BCUT2D eigenvalue weighted by atomic mass is 32.2. The predicted molar refractivity (Wildman–Crippen MR) is 96.8 cm³/mol. The van der Waals surface area contributed by atoms with Crippen LogP contribution in [0.5, 0.6) is 0 Å². The van der Waals surface area contributed by atoms with E-state index in [0.717, 1.165) is 41.6 Å². The first-order valence-electron chi connectivity index (χ1n) is 8.19. The largest absolute Gasteiger partial charge is 0.433 e. The third-order valence-electron chi connectivity index (χ3n) is 4.38. The average Bonchev–Trinajstić information content (AvgIpc) is 3.03. The lowest BCUT2D eigenvalue weighted by molar-refractivity contribution is -0.141. The summed E-state index contributed by atoms with van der Waals surface area (Å²) in [6.45, 7) is 0. The van der Waals surface area contributed by atoms with E-state index in [1.54, 1.807) is 6.07 Å². The Kier molecular flexibility index (Phi) is 4.47. The minimum atomic E-state index is -4.53. The van der Waals surface area contributed by atoms with Crippen molar-refractivity contribution in [3.05, 3.63) is 77.1 Å². The molecule has 0 aliphatic heterocycles. The van der Waals surface area contributed by atoms with E-state index in [1.807, 2.05) is 30.3 Å². The monoisotopic (exact) mass is 386 g/mol. The Morgan fingerprint density at radius 2 is 1.81 bits per heavy atom. The highest BCUT2D eigenvalue weighted by Gasteiger charge is 2.32. The summed E-state index contributed by atoms with van der Waals surface area (Å²) in [5.74, 6) is -0.199. The third kappa shape index (κ3) is 3.60. The lowest BCUT2D eigenvalue weighted by Gasteiger charge is -2.07. The number of hydrogen-bond donors (Lipinski definition) is 0. The molecule has 7 heteroatoms. The van der Waals surface area contributed by atoms with Crippen molar-refractivity contribution in [2.45, 2.75) is 17.8 Å². The number of carbonyl (C=O) groups is 1. The van der Waals surface area contributed by atoms with Crippen LogP contribution in [0.2, 0.25) is 0 Å². The second-order valence-electron chi connectivity index (χ2n) is 6.14. The molecule has 0 unspecified atom stereocenters. The standard InChI is InChI=1S/C20H13F3N2OS/c21-20(22,23)18-7-8-24-19(25-18)27-11-17(26)14-6-5-13-9-12-3-1-2-4-15(12)16(13)10-14/h1-8,10H,9,11H2. The zero-order valence-electron chi connectivity index (χ0n) is 14.0. The van der Waals surface area contributed by atoms with Gasteiger partial charge in [0.15, 0.2) is 10.9 Å². The lowest BCUT2D eigenvalue weighted by atomic mass is 10.0. The van der Waals surface area contributed by atoms with Crippen molar-refractivity contribution >= 4 is 17.5 Å². The zero-order chi connectivity index (χ0) is 19.0. The number of benzene rings is 2. The molecule has 1 aliphatic carbocycles. The topological polar surface area (TPSA) is 42.9 Å². The number of ketones is 1. The molecule has 136 valence electrons. The molecule has 0 saturated carbocycles. The van der Waals surface area contributed by atoms with Crippen LogP contribution in [0.4, 0.5) is 13.2 Å². The molecule has 0 spiro atoms. The normalized spacial score (nSPS) is 12.6. The molecule has 1 aliphatic rings. The van der Waals surface area contributed by atoms with Gasteiger partial charge < -0.3 is 0 Å². The van der Waals surface area contributed by atoms with Crippen LogP contribution < -0.4 is 0 Å². The van der Waals surface area contributed by atoms with Crippen molar-refractivity contribution in [2.24, 2.45) is 0 Å². The van der Waals surface area contributed by atoms with E-state index in [4.69, 9.17) is 0 Å². The first kappa shape index (κ1) is 17.7. The van der Waals surface area contributed by atoms with Gasteiger partial charge in [-0.25, -0.2) is 9.97 Å². The number of alkyl halides is 3. The smallest absolute Gasteiger partial charge is 0.293 e. The molecule has 0 atom stereocenters.